The van der Waals surface area contributed by atoms with Crippen molar-refractivity contribution in [3.63, 3.8) is 0 Å². The van der Waals surface area contributed by atoms with E-state index in [9.17, 15) is 8.42 Å². The van der Waals surface area contributed by atoms with Crippen molar-refractivity contribution in [1.82, 2.24) is 15.2 Å². The minimum atomic E-state index is -3.52. The van der Waals surface area contributed by atoms with Gasteiger partial charge in [-0.2, -0.15) is 0 Å². The summed E-state index contributed by atoms with van der Waals surface area (Å²) in [4.78, 5) is 5.83. The van der Waals surface area contributed by atoms with Gasteiger partial charge < -0.3 is 15.2 Å². The van der Waals surface area contributed by atoms with Crippen LogP contribution < -0.4 is 10.5 Å². The Morgan fingerprint density at radius 1 is 1.13 bits per heavy atom. The Hall–Kier alpha value is -2.19. The third kappa shape index (κ3) is 5.70. The summed E-state index contributed by atoms with van der Waals surface area (Å²) >= 11 is 0. The molecule has 4 rings (SSSR count). The zero-order valence-corrected chi connectivity index (χ0v) is 18.0. The predicted molar refractivity (Wildman–Crippen MR) is 122 cm³/mol. The maximum Gasteiger partial charge on any atom is 0.213 e. The number of hydrogen-bond acceptors (Lipinski definition) is 4. The average Bonchev–Trinajstić information content (AvgIpc) is 3.32. The van der Waals surface area contributed by atoms with E-state index in [1.807, 2.05) is 30.5 Å². The fraction of sp³-hybridized carbons (Fsp3) is 0.391. The molecule has 160 valence electrons. The van der Waals surface area contributed by atoms with Gasteiger partial charge in [0, 0.05) is 36.7 Å². The first-order valence-corrected chi connectivity index (χ1v) is 12.2. The highest BCUT2D eigenvalue weighted by Gasteiger charge is 2.22. The van der Waals surface area contributed by atoms with Crippen molar-refractivity contribution >= 4 is 20.9 Å². The molecule has 0 bridgehead atoms. The second-order valence-corrected chi connectivity index (χ2v) is 9.94. The average molecular weight is 427 g/mol. The fourth-order valence-corrected chi connectivity index (χ4v) is 4.98. The Balaban J connectivity index is 1.27. The van der Waals surface area contributed by atoms with Crippen LogP contribution >= 0.6 is 0 Å². The van der Waals surface area contributed by atoms with Crippen molar-refractivity contribution < 1.29 is 8.42 Å². The molecule has 0 saturated carbocycles. The van der Waals surface area contributed by atoms with Gasteiger partial charge in [-0.05, 0) is 60.7 Å². The molecule has 30 heavy (non-hydrogen) atoms. The summed E-state index contributed by atoms with van der Waals surface area (Å²) in [5, 5.41) is 9.89. The van der Waals surface area contributed by atoms with Gasteiger partial charge in [0.1, 0.15) is 0 Å². The molecular formula is C23H30N4O2S. The number of likely N-dealkylation sites (tertiary alicyclic amines) is 1. The smallest absolute Gasteiger partial charge is 0.213 e. The summed E-state index contributed by atoms with van der Waals surface area (Å²) < 4.78 is 22.8. The molecule has 1 unspecified atom stereocenters. The summed E-state index contributed by atoms with van der Waals surface area (Å²) in [6, 6.07) is 16.2. The molecule has 1 fully saturated rings. The molecule has 6 nitrogen and oxygen atoms in total. The Morgan fingerprint density at radius 3 is 2.77 bits per heavy atom. The number of nitrogens with two attached hydrogens (primary N) is 1. The number of rotatable bonds is 9. The molecular weight excluding hydrogens is 396 g/mol. The minimum absolute atomic E-state index is 0.128. The highest BCUT2D eigenvalue weighted by Crippen LogP contribution is 2.23. The van der Waals surface area contributed by atoms with E-state index in [1.54, 1.807) is 0 Å². The van der Waals surface area contributed by atoms with Gasteiger partial charge in [0.15, 0.2) is 0 Å². The highest BCUT2D eigenvalue weighted by molar-refractivity contribution is 7.88. The number of aromatic amines is 1. The van der Waals surface area contributed by atoms with E-state index >= 15 is 0 Å². The topological polar surface area (TPSA) is 91.2 Å². The highest BCUT2D eigenvalue weighted by atomic mass is 32.2. The molecule has 0 spiro atoms. The molecule has 3 aromatic rings. The molecule has 1 atom stereocenters. The van der Waals surface area contributed by atoms with Crippen LogP contribution in [0.15, 0.2) is 54.7 Å². The van der Waals surface area contributed by atoms with Gasteiger partial charge in [0.05, 0.1) is 5.75 Å². The van der Waals surface area contributed by atoms with Crippen LogP contribution in [0.25, 0.3) is 10.9 Å². The SMILES string of the molecule is NS(=O)(=O)Cc1ccc2[nH]cc(CCN3CCC(CNCc4ccccc4)C3)c2c1. The van der Waals surface area contributed by atoms with Crippen LogP contribution in [-0.4, -0.2) is 44.5 Å². The lowest BCUT2D eigenvalue weighted by atomic mass is 10.1. The van der Waals surface area contributed by atoms with Gasteiger partial charge in [-0.15, -0.1) is 0 Å². The van der Waals surface area contributed by atoms with Crippen LogP contribution in [0.4, 0.5) is 0 Å². The lowest BCUT2D eigenvalue weighted by molar-refractivity contribution is 0.326. The first kappa shape index (κ1) is 21.1. The Bertz CT molecular complexity index is 1080. The standard InChI is InChI=1S/C23H30N4O2S/c24-30(28,29)17-19-6-7-23-22(12-19)21(15-26-23)9-11-27-10-8-20(16-27)14-25-13-18-4-2-1-3-5-18/h1-7,12,15,20,25-26H,8-11,13-14,16-17H2,(H2,24,28,29). The number of sulfonamides is 1. The normalized spacial score (nSPS) is 17.7. The molecule has 0 radical (unpaired) electrons. The van der Waals surface area contributed by atoms with Gasteiger partial charge >= 0.3 is 0 Å². The molecule has 1 aliphatic heterocycles. The van der Waals surface area contributed by atoms with Crippen LogP contribution in [-0.2, 0) is 28.7 Å². The number of hydrogen-bond donors (Lipinski definition) is 3. The molecule has 4 N–H and O–H groups in total. The number of fused-ring (bicyclic) bond motifs is 1. The maximum atomic E-state index is 11.4. The Morgan fingerprint density at radius 2 is 1.97 bits per heavy atom. The monoisotopic (exact) mass is 426 g/mol. The first-order chi connectivity index (χ1) is 14.5. The molecule has 0 aliphatic carbocycles. The van der Waals surface area contributed by atoms with Crippen LogP contribution in [0.5, 0.6) is 0 Å². The summed E-state index contributed by atoms with van der Waals surface area (Å²) in [6.07, 6.45) is 4.22. The molecule has 2 aromatic carbocycles. The number of H-pyrrole nitrogens is 1. The molecule has 7 heteroatoms. The second-order valence-electron chi connectivity index (χ2n) is 8.32. The van der Waals surface area contributed by atoms with E-state index in [-0.39, 0.29) is 5.75 Å². The molecule has 2 heterocycles. The number of benzene rings is 2. The fourth-order valence-electron chi connectivity index (χ4n) is 4.33. The summed E-state index contributed by atoms with van der Waals surface area (Å²) in [5.41, 5.74) is 4.32. The van der Waals surface area contributed by atoms with E-state index in [4.69, 9.17) is 5.14 Å². The summed E-state index contributed by atoms with van der Waals surface area (Å²) in [7, 11) is -3.52. The zero-order chi connectivity index (χ0) is 21.0. The number of aromatic nitrogens is 1. The zero-order valence-electron chi connectivity index (χ0n) is 17.2. The van der Waals surface area contributed by atoms with E-state index in [2.05, 4.69) is 39.5 Å². The maximum absolute atomic E-state index is 11.4. The van der Waals surface area contributed by atoms with Gasteiger partial charge in [-0.3, -0.25) is 0 Å². The van der Waals surface area contributed by atoms with Gasteiger partial charge in [0.2, 0.25) is 10.0 Å². The lowest BCUT2D eigenvalue weighted by Gasteiger charge is -2.16. The van der Waals surface area contributed by atoms with Crippen LogP contribution in [0, 0.1) is 5.92 Å². The third-order valence-corrected chi connectivity index (χ3v) is 6.61. The predicted octanol–water partition coefficient (Wildman–Crippen LogP) is 2.61. The second kappa shape index (κ2) is 9.31. The van der Waals surface area contributed by atoms with Gasteiger partial charge in [0.25, 0.3) is 0 Å². The quantitative estimate of drug-likeness (QED) is 0.491. The number of nitrogens with zero attached hydrogens (tertiary/aromatic N) is 1. The van der Waals surface area contributed by atoms with E-state index in [0.717, 1.165) is 55.6 Å². The molecule has 1 aromatic heterocycles. The van der Waals surface area contributed by atoms with Crippen LogP contribution in [0.2, 0.25) is 0 Å². The molecule has 1 saturated heterocycles. The van der Waals surface area contributed by atoms with E-state index in [0.29, 0.717) is 5.92 Å². The van der Waals surface area contributed by atoms with Crippen molar-refractivity contribution in [2.24, 2.45) is 11.1 Å². The van der Waals surface area contributed by atoms with Gasteiger partial charge in [-0.25, -0.2) is 13.6 Å². The number of primary sulfonamides is 1. The van der Waals surface area contributed by atoms with Crippen LogP contribution in [0.3, 0.4) is 0 Å². The Kier molecular flexibility index (Phi) is 6.53. The van der Waals surface area contributed by atoms with Crippen molar-refractivity contribution in [3.05, 3.63) is 71.4 Å². The van der Waals surface area contributed by atoms with Crippen molar-refractivity contribution in [3.8, 4) is 0 Å². The van der Waals surface area contributed by atoms with Crippen molar-refractivity contribution in [2.45, 2.75) is 25.1 Å². The van der Waals surface area contributed by atoms with Crippen LogP contribution in [0.1, 0.15) is 23.1 Å². The summed E-state index contributed by atoms with van der Waals surface area (Å²) in [6.45, 7) is 5.25. The van der Waals surface area contributed by atoms with Crippen molar-refractivity contribution in [1.29, 1.82) is 0 Å². The van der Waals surface area contributed by atoms with Gasteiger partial charge in [-0.1, -0.05) is 36.4 Å². The largest absolute Gasteiger partial charge is 0.361 e. The molecule has 1 aliphatic rings. The minimum Gasteiger partial charge on any atom is -0.361 e. The lowest BCUT2D eigenvalue weighted by Crippen LogP contribution is -2.27. The third-order valence-electron chi connectivity index (χ3n) is 5.87. The summed E-state index contributed by atoms with van der Waals surface area (Å²) in [5.74, 6) is 0.565. The van der Waals surface area contributed by atoms with E-state index in [1.165, 1.54) is 17.5 Å². The van der Waals surface area contributed by atoms with E-state index < -0.39 is 10.0 Å². The Labute approximate surface area is 178 Å². The van der Waals surface area contributed by atoms with Crippen molar-refractivity contribution in [2.75, 3.05) is 26.2 Å². The first-order valence-electron chi connectivity index (χ1n) is 10.5. The number of nitrogens with one attached hydrogen (secondary N) is 2. The molecule has 0 amide bonds.